The highest BCUT2D eigenvalue weighted by atomic mass is 19.4. The van der Waals surface area contributed by atoms with Crippen molar-refractivity contribution in [1.82, 2.24) is 0 Å². The van der Waals surface area contributed by atoms with Crippen LogP contribution >= 0.6 is 0 Å². The number of hydrogen-bond acceptors (Lipinski definition) is 3. The molecule has 2 aromatic carbocycles. The quantitative estimate of drug-likeness (QED) is 0.860. The van der Waals surface area contributed by atoms with E-state index in [0.717, 1.165) is 18.9 Å². The molecule has 2 aromatic rings. The van der Waals surface area contributed by atoms with Crippen molar-refractivity contribution >= 4 is 23.2 Å². The second-order valence-electron chi connectivity index (χ2n) is 6.05. The van der Waals surface area contributed by atoms with Gasteiger partial charge < -0.3 is 15.0 Å². The first-order valence-corrected chi connectivity index (χ1v) is 8.40. The van der Waals surface area contributed by atoms with Crippen molar-refractivity contribution in [2.75, 3.05) is 16.8 Å². The van der Waals surface area contributed by atoms with Crippen molar-refractivity contribution in [3.63, 3.8) is 0 Å². The van der Waals surface area contributed by atoms with Crippen LogP contribution in [0.25, 0.3) is 0 Å². The van der Waals surface area contributed by atoms with Crippen LogP contribution in [-0.2, 0) is 4.79 Å². The second-order valence-corrected chi connectivity index (χ2v) is 6.05. The Labute approximate surface area is 153 Å². The van der Waals surface area contributed by atoms with Gasteiger partial charge in [-0.2, -0.15) is 0 Å². The first-order chi connectivity index (χ1) is 12.8. The van der Waals surface area contributed by atoms with Gasteiger partial charge in [0.15, 0.2) is 5.75 Å². The minimum Gasteiger partial charge on any atom is -0.404 e. The van der Waals surface area contributed by atoms with Gasteiger partial charge in [-0.05, 0) is 49.2 Å². The van der Waals surface area contributed by atoms with Crippen molar-refractivity contribution in [3.8, 4) is 5.75 Å². The molecule has 27 heavy (non-hydrogen) atoms. The lowest BCUT2D eigenvalue weighted by Crippen LogP contribution is -2.35. The molecule has 0 bridgehead atoms. The van der Waals surface area contributed by atoms with Crippen LogP contribution in [0, 0.1) is 0 Å². The third-order valence-electron chi connectivity index (χ3n) is 4.13. The van der Waals surface area contributed by atoms with Gasteiger partial charge in [0, 0.05) is 24.2 Å². The summed E-state index contributed by atoms with van der Waals surface area (Å²) in [6, 6.07) is 11.7. The fourth-order valence-corrected chi connectivity index (χ4v) is 2.85. The fraction of sp³-hybridized carbons (Fsp3) is 0.263. The van der Waals surface area contributed by atoms with Crippen LogP contribution in [0.15, 0.2) is 48.5 Å². The highest BCUT2D eigenvalue weighted by molar-refractivity contribution is 6.05. The molecule has 0 aliphatic carbocycles. The maximum Gasteiger partial charge on any atom is 0.573 e. The van der Waals surface area contributed by atoms with E-state index >= 15 is 0 Å². The summed E-state index contributed by atoms with van der Waals surface area (Å²) >= 11 is 0. The van der Waals surface area contributed by atoms with Gasteiger partial charge in [0.2, 0.25) is 5.91 Å². The number of carbonyl (C=O) groups is 2. The van der Waals surface area contributed by atoms with E-state index in [-0.39, 0.29) is 17.2 Å². The molecule has 1 saturated heterocycles. The number of halogens is 3. The lowest BCUT2D eigenvalue weighted by Gasteiger charge is -2.26. The summed E-state index contributed by atoms with van der Waals surface area (Å²) in [6.07, 6.45) is -2.57. The molecular formula is C19H17F3N2O3. The average molecular weight is 378 g/mol. The third kappa shape index (κ3) is 4.78. The summed E-state index contributed by atoms with van der Waals surface area (Å²) in [6.45, 7) is 0.631. The number of carbonyl (C=O) groups excluding carboxylic acids is 2. The molecule has 1 aliphatic rings. The molecular weight excluding hydrogens is 361 g/mol. The van der Waals surface area contributed by atoms with E-state index < -0.39 is 18.0 Å². The van der Waals surface area contributed by atoms with Crippen LogP contribution in [-0.4, -0.2) is 24.7 Å². The van der Waals surface area contributed by atoms with Crippen molar-refractivity contribution < 1.29 is 27.5 Å². The van der Waals surface area contributed by atoms with Crippen LogP contribution < -0.4 is 15.0 Å². The maximum atomic E-state index is 12.5. The molecule has 0 radical (unpaired) electrons. The van der Waals surface area contributed by atoms with Crippen LogP contribution in [0.2, 0.25) is 0 Å². The zero-order valence-corrected chi connectivity index (χ0v) is 14.3. The van der Waals surface area contributed by atoms with Crippen LogP contribution in [0.3, 0.4) is 0 Å². The molecule has 0 aromatic heterocycles. The number of alkyl halides is 3. The van der Waals surface area contributed by atoms with E-state index in [4.69, 9.17) is 0 Å². The lowest BCUT2D eigenvalue weighted by atomic mass is 10.1. The zero-order chi connectivity index (χ0) is 19.4. The number of nitrogens with zero attached hydrogens (tertiary/aromatic N) is 1. The number of nitrogens with one attached hydrogen (secondary N) is 1. The lowest BCUT2D eigenvalue weighted by molar-refractivity contribution is -0.274. The standard InChI is InChI=1S/C19H17F3N2O3/c20-19(21,22)27-16-6-2-1-5-15(16)23-18(26)13-8-10-14(11-9-13)24-12-4-3-7-17(24)25/h1-2,5-6,8-11H,3-4,7,12H2,(H,23,26). The molecule has 5 nitrogen and oxygen atoms in total. The Bertz CT molecular complexity index is 835. The van der Waals surface area contributed by atoms with Gasteiger partial charge >= 0.3 is 6.36 Å². The summed E-state index contributed by atoms with van der Waals surface area (Å²) in [5.41, 5.74) is 0.859. The molecule has 2 amide bonds. The van der Waals surface area contributed by atoms with E-state index in [1.807, 2.05) is 0 Å². The Kier molecular flexibility index (Phi) is 5.34. The van der Waals surface area contributed by atoms with Crippen molar-refractivity contribution in [2.45, 2.75) is 25.6 Å². The summed E-state index contributed by atoms with van der Waals surface area (Å²) in [7, 11) is 0. The Balaban J connectivity index is 1.73. The predicted molar refractivity (Wildman–Crippen MR) is 93.7 cm³/mol. The summed E-state index contributed by atoms with van der Waals surface area (Å²) in [4.78, 5) is 26.0. The normalized spacial score (nSPS) is 14.8. The van der Waals surface area contributed by atoms with Crippen LogP contribution in [0.1, 0.15) is 29.6 Å². The first kappa shape index (κ1) is 18.8. The van der Waals surface area contributed by atoms with E-state index in [9.17, 15) is 22.8 Å². The predicted octanol–water partition coefficient (Wildman–Crippen LogP) is 4.35. The topological polar surface area (TPSA) is 58.6 Å². The highest BCUT2D eigenvalue weighted by Gasteiger charge is 2.32. The number of benzene rings is 2. The molecule has 1 N–H and O–H groups in total. The minimum atomic E-state index is -4.86. The minimum absolute atomic E-state index is 0.0386. The first-order valence-electron chi connectivity index (χ1n) is 8.40. The molecule has 1 heterocycles. The fourth-order valence-electron chi connectivity index (χ4n) is 2.85. The molecule has 1 fully saturated rings. The molecule has 1 aliphatic heterocycles. The zero-order valence-electron chi connectivity index (χ0n) is 14.3. The SMILES string of the molecule is O=C(Nc1ccccc1OC(F)(F)F)c1ccc(N2CCCCC2=O)cc1. The maximum absolute atomic E-state index is 12.5. The van der Waals surface area contributed by atoms with Gasteiger partial charge in [0.1, 0.15) is 0 Å². The number of rotatable bonds is 4. The summed E-state index contributed by atoms with van der Waals surface area (Å²) in [5, 5.41) is 2.41. The highest BCUT2D eigenvalue weighted by Crippen LogP contribution is 2.30. The number of hydrogen-bond donors (Lipinski definition) is 1. The third-order valence-corrected chi connectivity index (χ3v) is 4.13. The number of para-hydroxylation sites is 2. The van der Waals surface area contributed by atoms with Crippen LogP contribution in [0.5, 0.6) is 5.75 Å². The number of amides is 2. The monoisotopic (exact) mass is 378 g/mol. The molecule has 142 valence electrons. The number of ether oxygens (including phenoxy) is 1. The van der Waals surface area contributed by atoms with Crippen LogP contribution in [0.4, 0.5) is 24.5 Å². The Hall–Kier alpha value is -3.03. The summed E-state index contributed by atoms with van der Waals surface area (Å²) < 4.78 is 41.3. The van der Waals surface area contributed by atoms with Crippen molar-refractivity contribution in [1.29, 1.82) is 0 Å². The number of anilines is 2. The van der Waals surface area contributed by atoms with E-state index in [2.05, 4.69) is 10.1 Å². The van der Waals surface area contributed by atoms with Gasteiger partial charge in [0.25, 0.3) is 5.91 Å². The molecule has 3 rings (SSSR count). The van der Waals surface area contributed by atoms with Gasteiger partial charge in [-0.15, -0.1) is 13.2 Å². The molecule has 0 saturated carbocycles. The number of piperidine rings is 1. The molecule has 0 atom stereocenters. The van der Waals surface area contributed by atoms with Gasteiger partial charge in [-0.1, -0.05) is 12.1 Å². The Morgan fingerprint density at radius 1 is 1.04 bits per heavy atom. The van der Waals surface area contributed by atoms with E-state index in [0.29, 0.717) is 18.7 Å². The van der Waals surface area contributed by atoms with Gasteiger partial charge in [-0.25, -0.2) is 0 Å². The van der Waals surface area contributed by atoms with Crippen molar-refractivity contribution in [3.05, 3.63) is 54.1 Å². The van der Waals surface area contributed by atoms with E-state index in [1.165, 1.54) is 30.3 Å². The molecule has 0 unspecified atom stereocenters. The van der Waals surface area contributed by atoms with Gasteiger partial charge in [-0.3, -0.25) is 9.59 Å². The largest absolute Gasteiger partial charge is 0.573 e. The Morgan fingerprint density at radius 2 is 1.74 bits per heavy atom. The average Bonchev–Trinajstić information content (AvgIpc) is 2.63. The van der Waals surface area contributed by atoms with E-state index in [1.54, 1.807) is 17.0 Å². The van der Waals surface area contributed by atoms with Gasteiger partial charge in [0.05, 0.1) is 5.69 Å². The Morgan fingerprint density at radius 3 is 2.41 bits per heavy atom. The smallest absolute Gasteiger partial charge is 0.404 e. The second kappa shape index (κ2) is 7.69. The van der Waals surface area contributed by atoms with Crippen molar-refractivity contribution in [2.24, 2.45) is 0 Å². The molecule has 0 spiro atoms. The summed E-state index contributed by atoms with van der Waals surface area (Å²) in [5.74, 6) is -1.03. The molecule has 8 heteroatoms.